The number of hydrogen-bond acceptors (Lipinski definition) is 6. The van der Waals surface area contributed by atoms with Crippen LogP contribution in [-0.2, 0) is 0 Å². The van der Waals surface area contributed by atoms with Crippen molar-refractivity contribution in [3.63, 3.8) is 0 Å². The Morgan fingerprint density at radius 2 is 0.510 bits per heavy atom. The zero-order valence-corrected chi connectivity index (χ0v) is 25.3. The van der Waals surface area contributed by atoms with Crippen LogP contribution in [0, 0.1) is 46.5 Å². The molecule has 17 heteroatoms. The second-order valence-electron chi connectivity index (χ2n) is 10.7. The standard InChI is InChI=1S/C32H8F8N8.Mg/c33-17-1-9-10(2-18(17)34)26-41-25(9)45-27-11-3-19(35)20(36)4-12(11)29(42-27)47-31-15-7-23(39)24(40)8-16(15)32(44-31)48-30-14-6-22(38)21(37)5-13(14)28(43-30)46-26;/h1-8H;/q-2;+2. The Labute approximate surface area is 282 Å². The van der Waals surface area contributed by atoms with E-state index in [0.717, 1.165) is 48.5 Å². The first kappa shape index (κ1) is 30.8. The van der Waals surface area contributed by atoms with Crippen molar-refractivity contribution >= 4 is 67.2 Å². The molecule has 7 aromatic rings. The molecule has 0 radical (unpaired) electrons. The predicted molar refractivity (Wildman–Crippen MR) is 159 cm³/mol. The van der Waals surface area contributed by atoms with Gasteiger partial charge in [-0.3, -0.25) is 0 Å². The molecule has 0 spiro atoms. The van der Waals surface area contributed by atoms with Gasteiger partial charge in [0.1, 0.15) is 0 Å². The van der Waals surface area contributed by atoms with Crippen LogP contribution in [0.4, 0.5) is 35.1 Å². The third-order valence-corrected chi connectivity index (χ3v) is 7.86. The number of rotatable bonds is 0. The van der Waals surface area contributed by atoms with Gasteiger partial charge in [0.05, 0.1) is 23.3 Å². The molecule has 8 bridgehead atoms. The molecule has 4 aromatic carbocycles. The van der Waals surface area contributed by atoms with E-state index in [1.54, 1.807) is 0 Å². The molecule has 2 aliphatic heterocycles. The van der Waals surface area contributed by atoms with E-state index in [-0.39, 0.29) is 113 Å². The summed E-state index contributed by atoms with van der Waals surface area (Å²) >= 11 is 0. The van der Waals surface area contributed by atoms with Crippen LogP contribution in [0.5, 0.6) is 0 Å². The Kier molecular flexibility index (Phi) is 6.73. The number of fused-ring (bicyclic) bond motifs is 20. The van der Waals surface area contributed by atoms with Gasteiger partial charge in [-0.1, -0.05) is 0 Å². The van der Waals surface area contributed by atoms with Crippen LogP contribution in [0.3, 0.4) is 0 Å². The fourth-order valence-corrected chi connectivity index (χ4v) is 5.63. The van der Waals surface area contributed by atoms with E-state index in [9.17, 15) is 35.1 Å². The van der Waals surface area contributed by atoms with E-state index in [2.05, 4.69) is 39.9 Å². The summed E-state index contributed by atoms with van der Waals surface area (Å²) in [5.74, 6) is -11.2. The molecule has 0 aliphatic carbocycles. The maximum atomic E-state index is 14.5. The first-order valence-electron chi connectivity index (χ1n) is 13.7. The van der Waals surface area contributed by atoms with Crippen molar-refractivity contribution in [1.29, 1.82) is 0 Å². The fourth-order valence-electron chi connectivity index (χ4n) is 5.63. The van der Waals surface area contributed by atoms with E-state index in [1.165, 1.54) is 0 Å². The zero-order valence-electron chi connectivity index (χ0n) is 23.9. The molecule has 0 N–H and O–H groups in total. The van der Waals surface area contributed by atoms with E-state index in [0.29, 0.717) is 0 Å². The van der Waals surface area contributed by atoms with Crippen LogP contribution in [0.1, 0.15) is 0 Å². The van der Waals surface area contributed by atoms with Gasteiger partial charge >= 0.3 is 23.1 Å². The average molecular weight is 681 g/mol. The Morgan fingerprint density at radius 1 is 0.306 bits per heavy atom. The van der Waals surface area contributed by atoms with Gasteiger partial charge in [0.25, 0.3) is 0 Å². The molecular formula is C32H8F8MgN8. The largest absolute Gasteiger partial charge is 2.00 e. The van der Waals surface area contributed by atoms with Gasteiger partial charge in [0.15, 0.2) is 46.5 Å². The van der Waals surface area contributed by atoms with Crippen LogP contribution >= 0.6 is 0 Å². The maximum absolute atomic E-state index is 14.5. The van der Waals surface area contributed by atoms with Gasteiger partial charge in [-0.2, -0.15) is 0 Å². The molecule has 9 rings (SSSR count). The molecule has 0 atom stereocenters. The third-order valence-electron chi connectivity index (χ3n) is 7.86. The zero-order chi connectivity index (χ0) is 33.2. The van der Waals surface area contributed by atoms with Gasteiger partial charge < -0.3 is 29.9 Å². The van der Waals surface area contributed by atoms with E-state index < -0.39 is 46.5 Å². The number of nitrogens with zero attached hydrogens (tertiary/aromatic N) is 8. The molecule has 3 aromatic heterocycles. The van der Waals surface area contributed by atoms with E-state index in [1.807, 2.05) is 0 Å². The smallest absolute Gasteiger partial charge is 0.357 e. The number of hydrogen-bond donors (Lipinski definition) is 0. The van der Waals surface area contributed by atoms with Crippen LogP contribution in [0.2, 0.25) is 0 Å². The topological polar surface area (TPSA) is 106 Å². The van der Waals surface area contributed by atoms with Crippen molar-refractivity contribution in [2.45, 2.75) is 0 Å². The van der Waals surface area contributed by atoms with Crippen LogP contribution < -0.4 is 9.97 Å². The number of benzene rings is 4. The van der Waals surface area contributed by atoms with Crippen LogP contribution in [0.25, 0.3) is 89.7 Å². The molecule has 5 heterocycles. The first-order chi connectivity index (χ1) is 23.0. The Bertz CT molecular complexity index is 2430. The summed E-state index contributed by atoms with van der Waals surface area (Å²) in [6, 6.07) is 6.35. The average Bonchev–Trinajstić information content (AvgIpc) is 3.74. The van der Waals surface area contributed by atoms with E-state index >= 15 is 0 Å². The monoisotopic (exact) mass is 680 g/mol. The normalized spacial score (nSPS) is 11.9. The van der Waals surface area contributed by atoms with Crippen molar-refractivity contribution in [1.82, 2.24) is 39.9 Å². The molecule has 49 heavy (non-hydrogen) atoms. The molecule has 0 fully saturated rings. The van der Waals surface area contributed by atoms with Crippen molar-refractivity contribution < 1.29 is 35.1 Å². The Balaban J connectivity index is 0.00000348. The summed E-state index contributed by atoms with van der Waals surface area (Å²) in [6.07, 6.45) is 0. The van der Waals surface area contributed by atoms with Gasteiger partial charge in [-0.05, 0) is 70.1 Å². The molecule has 0 saturated heterocycles. The van der Waals surface area contributed by atoms with Gasteiger partial charge in [0, 0.05) is 44.8 Å². The summed E-state index contributed by atoms with van der Waals surface area (Å²) in [5.41, 5.74) is -1.40. The van der Waals surface area contributed by atoms with Crippen LogP contribution in [0.15, 0.2) is 48.5 Å². The summed E-state index contributed by atoms with van der Waals surface area (Å²) < 4.78 is 116. The molecule has 234 valence electrons. The quantitative estimate of drug-likeness (QED) is 0.126. The van der Waals surface area contributed by atoms with Crippen molar-refractivity contribution in [3.8, 4) is 45.6 Å². The fraction of sp³-hybridized carbons (Fsp3) is 0. The number of aromatic nitrogens is 8. The predicted octanol–water partition coefficient (Wildman–Crippen LogP) is 6.86. The Hall–Kier alpha value is -5.55. The molecule has 0 amide bonds. The van der Waals surface area contributed by atoms with Gasteiger partial charge in [0.2, 0.25) is 0 Å². The van der Waals surface area contributed by atoms with Gasteiger partial charge in [-0.15, -0.1) is 0 Å². The van der Waals surface area contributed by atoms with Gasteiger partial charge in [-0.25, -0.2) is 45.1 Å². The summed E-state index contributed by atoms with van der Waals surface area (Å²) in [4.78, 5) is 34.6. The maximum Gasteiger partial charge on any atom is 2.00 e. The second-order valence-corrected chi connectivity index (χ2v) is 10.7. The molecule has 0 saturated carbocycles. The molecule has 0 unspecified atom stereocenters. The minimum atomic E-state index is -1.27. The SMILES string of the molecule is Fc1cc2c(cc1F)-c1nc-2nc2[n-]c(nc3nc(nc4[n-]c(n1)c1cc(F)c(F)cc41)-c1cc(F)c(F)cc1-3)c1cc(F)c(F)cc21.[Mg+2]. The third kappa shape index (κ3) is 4.63. The Morgan fingerprint density at radius 3 is 0.735 bits per heavy atom. The minimum absolute atomic E-state index is 0. The molecule has 2 aliphatic rings. The summed E-state index contributed by atoms with van der Waals surface area (Å²) in [6.45, 7) is 0. The summed E-state index contributed by atoms with van der Waals surface area (Å²) in [7, 11) is 0. The first-order valence-corrected chi connectivity index (χ1v) is 13.7. The van der Waals surface area contributed by atoms with Crippen LogP contribution in [-0.4, -0.2) is 53.0 Å². The minimum Gasteiger partial charge on any atom is -0.357 e. The number of halogens is 8. The van der Waals surface area contributed by atoms with E-state index in [4.69, 9.17) is 0 Å². The van der Waals surface area contributed by atoms with Crippen molar-refractivity contribution in [3.05, 3.63) is 95.1 Å². The van der Waals surface area contributed by atoms with Crippen molar-refractivity contribution in [2.75, 3.05) is 0 Å². The molecule has 8 nitrogen and oxygen atoms in total. The second kappa shape index (κ2) is 10.7. The molecular weight excluding hydrogens is 673 g/mol. The summed E-state index contributed by atoms with van der Waals surface area (Å²) in [5, 5.41) is -0.287. The van der Waals surface area contributed by atoms with Crippen molar-refractivity contribution in [2.24, 2.45) is 0 Å².